The first-order valence-electron chi connectivity index (χ1n) is 10.0. The first kappa shape index (κ1) is 21.0. The molecule has 1 aliphatic rings. The maximum absolute atomic E-state index is 14.7. The summed E-state index contributed by atoms with van der Waals surface area (Å²) in [5, 5.41) is 9.43. The van der Waals surface area contributed by atoms with Gasteiger partial charge in [0, 0.05) is 25.8 Å². The van der Waals surface area contributed by atoms with E-state index in [0.29, 0.717) is 25.1 Å². The summed E-state index contributed by atoms with van der Waals surface area (Å²) in [4.78, 5) is 27.5. The molecule has 0 saturated carbocycles. The van der Waals surface area contributed by atoms with Crippen molar-refractivity contribution in [1.29, 1.82) is 0 Å². The minimum Gasteiger partial charge on any atom is -0.497 e. The van der Waals surface area contributed by atoms with Crippen LogP contribution in [0.1, 0.15) is 28.8 Å². The third kappa shape index (κ3) is 4.03. The Bertz CT molecular complexity index is 1190. The monoisotopic (exact) mass is 428 g/mol. The molecular formula is C23H22F2N2O4. The second kappa shape index (κ2) is 8.47. The molecule has 1 saturated heterocycles. The van der Waals surface area contributed by atoms with Gasteiger partial charge in [-0.25, -0.2) is 8.78 Å². The number of aliphatic hydroxyl groups is 1. The predicted octanol–water partition coefficient (Wildman–Crippen LogP) is 2.93. The molecule has 6 nitrogen and oxygen atoms in total. The Morgan fingerprint density at radius 3 is 2.55 bits per heavy atom. The lowest BCUT2D eigenvalue weighted by Gasteiger charge is -2.30. The summed E-state index contributed by atoms with van der Waals surface area (Å²) in [5.41, 5.74) is -0.556. The first-order chi connectivity index (χ1) is 14.9. The molecule has 2 heterocycles. The van der Waals surface area contributed by atoms with Gasteiger partial charge in [-0.15, -0.1) is 0 Å². The van der Waals surface area contributed by atoms with Crippen molar-refractivity contribution in [3.63, 3.8) is 0 Å². The lowest BCUT2D eigenvalue weighted by atomic mass is 10.1. The van der Waals surface area contributed by atoms with Gasteiger partial charge in [0.25, 0.3) is 5.91 Å². The molecule has 1 amide bonds. The van der Waals surface area contributed by atoms with E-state index in [1.165, 1.54) is 22.8 Å². The van der Waals surface area contributed by atoms with Crippen LogP contribution in [-0.2, 0) is 6.54 Å². The standard InChI is InChI=1S/C23H22F2N2O4/c1-31-16-6-4-14(5-7-16)11-27-13-17(23(30)26-10-2-3-15(28)12-26)22(29)20-18(24)8-9-19(25)21(20)27/h4-9,13,15,28H,2-3,10-12H2,1H3. The molecule has 0 aliphatic carbocycles. The molecular weight excluding hydrogens is 406 g/mol. The molecule has 0 spiro atoms. The molecule has 1 fully saturated rings. The Hall–Kier alpha value is -3.26. The molecule has 8 heteroatoms. The fraction of sp³-hybridized carbons (Fsp3) is 0.304. The number of carbonyl (C=O) groups excluding carboxylic acids is 1. The van der Waals surface area contributed by atoms with E-state index in [1.807, 2.05) is 0 Å². The Labute approximate surface area is 177 Å². The third-order valence-electron chi connectivity index (χ3n) is 5.55. The summed E-state index contributed by atoms with van der Waals surface area (Å²) in [6.07, 6.45) is 1.78. The van der Waals surface area contributed by atoms with Crippen LogP contribution in [0.25, 0.3) is 10.9 Å². The molecule has 3 aromatic rings. The van der Waals surface area contributed by atoms with Crippen molar-refractivity contribution in [3.05, 3.63) is 75.6 Å². The zero-order chi connectivity index (χ0) is 22.1. The topological polar surface area (TPSA) is 71.8 Å². The minimum absolute atomic E-state index is 0.0976. The zero-order valence-corrected chi connectivity index (χ0v) is 17.0. The number of aromatic nitrogens is 1. The Morgan fingerprint density at radius 1 is 1.16 bits per heavy atom. The van der Waals surface area contributed by atoms with E-state index >= 15 is 0 Å². The lowest BCUT2D eigenvalue weighted by molar-refractivity contribution is 0.0472. The molecule has 1 unspecified atom stereocenters. The van der Waals surface area contributed by atoms with Crippen molar-refractivity contribution in [3.8, 4) is 5.75 Å². The van der Waals surface area contributed by atoms with Gasteiger partial charge in [-0.05, 0) is 42.7 Å². The fourth-order valence-electron chi connectivity index (χ4n) is 3.97. The van der Waals surface area contributed by atoms with E-state index in [1.54, 1.807) is 24.3 Å². The Kier molecular flexibility index (Phi) is 5.73. The van der Waals surface area contributed by atoms with Gasteiger partial charge in [-0.1, -0.05) is 12.1 Å². The third-order valence-corrected chi connectivity index (χ3v) is 5.55. The van der Waals surface area contributed by atoms with E-state index in [2.05, 4.69) is 0 Å². The van der Waals surface area contributed by atoms with Crippen molar-refractivity contribution < 1.29 is 23.4 Å². The average molecular weight is 428 g/mol. The molecule has 1 aliphatic heterocycles. The highest BCUT2D eigenvalue weighted by atomic mass is 19.1. The number of methoxy groups -OCH3 is 1. The molecule has 0 bridgehead atoms. The highest BCUT2D eigenvalue weighted by molar-refractivity contribution is 5.97. The van der Waals surface area contributed by atoms with Crippen LogP contribution in [0.15, 0.2) is 47.4 Å². The Morgan fingerprint density at radius 2 is 1.87 bits per heavy atom. The number of likely N-dealkylation sites (tertiary alicyclic amines) is 1. The summed E-state index contributed by atoms with van der Waals surface area (Å²) < 4.78 is 35.8. The molecule has 2 aromatic carbocycles. The van der Waals surface area contributed by atoms with Crippen LogP contribution in [-0.4, -0.2) is 46.8 Å². The van der Waals surface area contributed by atoms with Gasteiger partial charge in [-0.3, -0.25) is 9.59 Å². The van der Waals surface area contributed by atoms with Crippen molar-refractivity contribution in [1.82, 2.24) is 9.47 Å². The van der Waals surface area contributed by atoms with Gasteiger partial charge in [0.15, 0.2) is 0 Å². The molecule has 162 valence electrons. The van der Waals surface area contributed by atoms with Crippen LogP contribution >= 0.6 is 0 Å². The van der Waals surface area contributed by atoms with E-state index in [-0.39, 0.29) is 24.2 Å². The van der Waals surface area contributed by atoms with Crippen LogP contribution in [0, 0.1) is 11.6 Å². The van der Waals surface area contributed by atoms with Crippen molar-refractivity contribution in [2.24, 2.45) is 0 Å². The Balaban J connectivity index is 1.85. The van der Waals surface area contributed by atoms with Gasteiger partial charge in [-0.2, -0.15) is 0 Å². The largest absolute Gasteiger partial charge is 0.497 e. The van der Waals surface area contributed by atoms with Gasteiger partial charge < -0.3 is 19.3 Å². The predicted molar refractivity (Wildman–Crippen MR) is 111 cm³/mol. The van der Waals surface area contributed by atoms with Crippen LogP contribution in [0.3, 0.4) is 0 Å². The van der Waals surface area contributed by atoms with Gasteiger partial charge >= 0.3 is 0 Å². The summed E-state index contributed by atoms with van der Waals surface area (Å²) in [5.74, 6) is -1.60. The van der Waals surface area contributed by atoms with Crippen LogP contribution in [0.4, 0.5) is 8.78 Å². The lowest BCUT2D eigenvalue weighted by Crippen LogP contribution is -2.43. The number of aliphatic hydroxyl groups excluding tert-OH is 1. The molecule has 31 heavy (non-hydrogen) atoms. The quantitative estimate of drug-likeness (QED) is 0.694. The number of carbonyl (C=O) groups is 1. The van der Waals surface area contributed by atoms with E-state index in [4.69, 9.17) is 4.74 Å². The number of halogens is 2. The summed E-state index contributed by atoms with van der Waals surface area (Å²) in [6.45, 7) is 0.599. The number of piperidine rings is 1. The SMILES string of the molecule is COc1ccc(Cn2cc(C(=O)N3CCCC(O)C3)c(=O)c3c(F)ccc(F)c32)cc1. The summed E-state index contributed by atoms with van der Waals surface area (Å²) >= 11 is 0. The molecule has 0 radical (unpaired) electrons. The second-order valence-corrected chi connectivity index (χ2v) is 7.65. The first-order valence-corrected chi connectivity index (χ1v) is 10.0. The number of fused-ring (bicyclic) bond motifs is 1. The number of β-amino-alcohol motifs (C(OH)–C–C–N with tert-alkyl or cyclic N) is 1. The van der Waals surface area contributed by atoms with Crippen LogP contribution in [0.2, 0.25) is 0 Å². The number of ether oxygens (including phenoxy) is 1. The van der Waals surface area contributed by atoms with Crippen molar-refractivity contribution in [2.45, 2.75) is 25.5 Å². The maximum Gasteiger partial charge on any atom is 0.259 e. The second-order valence-electron chi connectivity index (χ2n) is 7.65. The number of pyridine rings is 1. The number of rotatable bonds is 4. The average Bonchev–Trinajstić information content (AvgIpc) is 2.77. The fourth-order valence-corrected chi connectivity index (χ4v) is 3.97. The highest BCUT2D eigenvalue weighted by Gasteiger charge is 2.27. The van der Waals surface area contributed by atoms with E-state index < -0.39 is 34.5 Å². The van der Waals surface area contributed by atoms with Crippen LogP contribution in [0.5, 0.6) is 5.75 Å². The minimum atomic E-state index is -0.891. The van der Waals surface area contributed by atoms with Gasteiger partial charge in [0.2, 0.25) is 5.43 Å². The molecule has 1 N–H and O–H groups in total. The summed E-state index contributed by atoms with van der Waals surface area (Å²) in [7, 11) is 1.54. The highest BCUT2D eigenvalue weighted by Crippen LogP contribution is 2.22. The van der Waals surface area contributed by atoms with Crippen molar-refractivity contribution in [2.75, 3.05) is 20.2 Å². The zero-order valence-electron chi connectivity index (χ0n) is 17.0. The molecule has 4 rings (SSSR count). The molecule has 1 aromatic heterocycles. The van der Waals surface area contributed by atoms with E-state index in [9.17, 15) is 23.5 Å². The van der Waals surface area contributed by atoms with Crippen molar-refractivity contribution >= 4 is 16.8 Å². The van der Waals surface area contributed by atoms with E-state index in [0.717, 1.165) is 17.7 Å². The van der Waals surface area contributed by atoms with Gasteiger partial charge in [0.1, 0.15) is 22.9 Å². The smallest absolute Gasteiger partial charge is 0.259 e. The number of hydrogen-bond acceptors (Lipinski definition) is 4. The maximum atomic E-state index is 14.7. The van der Waals surface area contributed by atoms with Crippen LogP contribution < -0.4 is 10.2 Å². The normalized spacial score (nSPS) is 16.5. The number of amides is 1. The van der Waals surface area contributed by atoms with Gasteiger partial charge in [0.05, 0.1) is 24.1 Å². The number of hydrogen-bond donors (Lipinski definition) is 1. The number of benzene rings is 2. The number of nitrogens with zero attached hydrogens (tertiary/aromatic N) is 2. The summed E-state index contributed by atoms with van der Waals surface area (Å²) in [6, 6.07) is 8.85. The molecule has 1 atom stereocenters.